The maximum atomic E-state index is 15.4. The van der Waals surface area contributed by atoms with Gasteiger partial charge in [0.15, 0.2) is 6.17 Å². The van der Waals surface area contributed by atoms with E-state index >= 15 is 17.6 Å². The van der Waals surface area contributed by atoms with Gasteiger partial charge < -0.3 is 0 Å². The van der Waals surface area contributed by atoms with Crippen LogP contribution < -0.4 is 0 Å². The van der Waals surface area contributed by atoms with Crippen LogP contribution in [-0.4, -0.2) is 0 Å². The summed E-state index contributed by atoms with van der Waals surface area (Å²) in [6.45, 7) is 4.03. The second kappa shape index (κ2) is 9.76. The first-order valence-corrected chi connectivity index (χ1v) is 12.4. The molecule has 4 rings (SSSR count). The van der Waals surface area contributed by atoms with E-state index in [1.807, 2.05) is 6.92 Å². The van der Waals surface area contributed by atoms with Crippen molar-refractivity contribution in [2.24, 2.45) is 11.8 Å². The average molecular weight is 465 g/mol. The minimum absolute atomic E-state index is 0.0282. The molecule has 0 amide bonds. The quantitative estimate of drug-likeness (QED) is 0.358. The molecule has 0 nitrogen and oxygen atoms in total. The Hall–Kier alpha value is -1.91. The summed E-state index contributed by atoms with van der Waals surface area (Å²) in [5.41, 5.74) is -1.23. The molecule has 1 unspecified atom stereocenters. The van der Waals surface area contributed by atoms with E-state index in [1.54, 1.807) is 0 Å². The molecule has 0 heterocycles. The maximum absolute atomic E-state index is 15.4. The van der Waals surface area contributed by atoms with Gasteiger partial charge in [-0.2, -0.15) is 8.78 Å². The first kappa shape index (κ1) is 24.2. The van der Waals surface area contributed by atoms with Gasteiger partial charge in [0.25, 0.3) is 0 Å². The number of hydrogen-bond donors (Lipinski definition) is 0. The van der Waals surface area contributed by atoms with Gasteiger partial charge in [-0.25, -0.2) is 13.2 Å². The number of benzene rings is 2. The molecule has 0 radical (unpaired) electrons. The van der Waals surface area contributed by atoms with Crippen molar-refractivity contribution in [3.8, 4) is 11.1 Å². The monoisotopic (exact) mass is 464 g/mol. The van der Waals surface area contributed by atoms with Crippen LogP contribution >= 0.6 is 0 Å². The number of rotatable bonds is 7. The van der Waals surface area contributed by atoms with Crippen molar-refractivity contribution in [2.45, 2.75) is 90.1 Å². The molecule has 2 aromatic carbocycles. The lowest BCUT2D eigenvalue weighted by Crippen LogP contribution is -2.29. The summed E-state index contributed by atoms with van der Waals surface area (Å²) in [4.78, 5) is 0. The van der Waals surface area contributed by atoms with E-state index in [2.05, 4.69) is 6.92 Å². The number of fused-ring (bicyclic) bond motifs is 3. The molecule has 0 aromatic heterocycles. The van der Waals surface area contributed by atoms with Gasteiger partial charge in [0.1, 0.15) is 11.6 Å². The van der Waals surface area contributed by atoms with E-state index in [4.69, 9.17) is 0 Å². The lowest BCUT2D eigenvalue weighted by atomic mass is 9.77. The van der Waals surface area contributed by atoms with Gasteiger partial charge in [-0.15, -0.1) is 0 Å². The summed E-state index contributed by atoms with van der Waals surface area (Å²) in [5.74, 6) is -4.86. The summed E-state index contributed by atoms with van der Waals surface area (Å²) in [7, 11) is 0. The standard InChI is InChI=1S/C28H33F5/c1-3-5-17-7-9-18(10-8-17)11-12-20-14-16-22-21-15-13-19(6-4-2)25(29)23(21)27(31)28(32,33)24(22)26(20)30/h13-18,27H,3-12H2,1-2H3. The molecule has 2 aliphatic carbocycles. The van der Waals surface area contributed by atoms with Crippen LogP contribution in [0.1, 0.15) is 93.6 Å². The number of hydrogen-bond acceptors (Lipinski definition) is 0. The predicted octanol–water partition coefficient (Wildman–Crippen LogP) is 9.24. The predicted molar refractivity (Wildman–Crippen MR) is 122 cm³/mol. The number of halogens is 5. The molecule has 33 heavy (non-hydrogen) atoms. The third-order valence-corrected chi connectivity index (χ3v) is 7.68. The van der Waals surface area contributed by atoms with Crippen LogP contribution in [-0.2, 0) is 18.8 Å². The van der Waals surface area contributed by atoms with E-state index in [-0.39, 0.29) is 22.3 Å². The number of alkyl halides is 3. The lowest BCUT2D eigenvalue weighted by Gasteiger charge is -2.32. The Bertz CT molecular complexity index is 988. The van der Waals surface area contributed by atoms with E-state index in [0.717, 1.165) is 25.2 Å². The molecule has 0 spiro atoms. The van der Waals surface area contributed by atoms with Crippen LogP contribution in [0.5, 0.6) is 0 Å². The van der Waals surface area contributed by atoms with Gasteiger partial charge in [-0.05, 0) is 53.4 Å². The molecule has 0 N–H and O–H groups in total. The Balaban J connectivity index is 1.61. The SMILES string of the molecule is CCCc1ccc2c(c1F)C(F)C(F)(F)c1c-2ccc(CCC2CCC(CCC)CC2)c1F. The van der Waals surface area contributed by atoms with Crippen LogP contribution in [0.2, 0.25) is 0 Å². The Kier molecular flexibility index (Phi) is 7.16. The fourth-order valence-corrected chi connectivity index (χ4v) is 5.83. The Labute approximate surface area is 193 Å². The molecule has 1 fully saturated rings. The molecule has 5 heteroatoms. The minimum Gasteiger partial charge on any atom is -0.235 e. The Morgan fingerprint density at radius 1 is 0.758 bits per heavy atom. The zero-order valence-corrected chi connectivity index (χ0v) is 19.5. The first-order valence-electron chi connectivity index (χ1n) is 12.4. The van der Waals surface area contributed by atoms with Gasteiger partial charge in [-0.1, -0.05) is 83.1 Å². The molecule has 2 aromatic rings. The average Bonchev–Trinajstić information content (AvgIpc) is 2.79. The van der Waals surface area contributed by atoms with Gasteiger partial charge in [0, 0.05) is 5.56 Å². The van der Waals surface area contributed by atoms with Gasteiger partial charge >= 0.3 is 5.92 Å². The number of aryl methyl sites for hydroxylation is 2. The van der Waals surface area contributed by atoms with Crippen LogP contribution in [0.15, 0.2) is 24.3 Å². The lowest BCUT2D eigenvalue weighted by molar-refractivity contribution is -0.0861. The summed E-state index contributed by atoms with van der Waals surface area (Å²) in [6, 6.07) is 5.90. The van der Waals surface area contributed by atoms with Crippen molar-refractivity contribution in [3.05, 3.63) is 58.2 Å². The van der Waals surface area contributed by atoms with Crippen molar-refractivity contribution in [1.82, 2.24) is 0 Å². The minimum atomic E-state index is -4.12. The van der Waals surface area contributed by atoms with Crippen molar-refractivity contribution in [3.63, 3.8) is 0 Å². The second-order valence-corrected chi connectivity index (χ2v) is 9.91. The highest BCUT2D eigenvalue weighted by atomic mass is 19.3. The molecule has 0 aliphatic heterocycles. The molecule has 0 saturated heterocycles. The van der Waals surface area contributed by atoms with Crippen LogP contribution in [0.25, 0.3) is 11.1 Å². The van der Waals surface area contributed by atoms with Crippen molar-refractivity contribution in [2.75, 3.05) is 0 Å². The van der Waals surface area contributed by atoms with Gasteiger partial charge in [0.2, 0.25) is 0 Å². The Morgan fingerprint density at radius 2 is 1.33 bits per heavy atom. The fourth-order valence-electron chi connectivity index (χ4n) is 5.83. The fraction of sp³-hybridized carbons (Fsp3) is 0.571. The molecule has 180 valence electrons. The van der Waals surface area contributed by atoms with Crippen LogP contribution in [0.3, 0.4) is 0 Å². The molecule has 1 saturated carbocycles. The smallest absolute Gasteiger partial charge is 0.235 e. The summed E-state index contributed by atoms with van der Waals surface area (Å²) in [5, 5.41) is 0. The van der Waals surface area contributed by atoms with Gasteiger partial charge in [-0.3, -0.25) is 0 Å². The third-order valence-electron chi connectivity index (χ3n) is 7.68. The molecule has 2 aliphatic rings. The third kappa shape index (κ3) is 4.44. The topological polar surface area (TPSA) is 0 Å². The zero-order valence-electron chi connectivity index (χ0n) is 19.5. The van der Waals surface area contributed by atoms with E-state index in [9.17, 15) is 4.39 Å². The highest BCUT2D eigenvalue weighted by Gasteiger charge is 2.52. The van der Waals surface area contributed by atoms with Crippen molar-refractivity contribution >= 4 is 0 Å². The zero-order chi connectivity index (χ0) is 23.8. The molecular weight excluding hydrogens is 431 g/mol. The largest absolute Gasteiger partial charge is 0.311 e. The molecule has 1 atom stereocenters. The van der Waals surface area contributed by atoms with E-state index in [0.29, 0.717) is 25.2 Å². The first-order chi connectivity index (χ1) is 15.8. The normalized spacial score (nSPS) is 23.8. The summed E-state index contributed by atoms with van der Waals surface area (Å²) in [6.07, 6.45) is 6.09. The van der Waals surface area contributed by atoms with Crippen molar-refractivity contribution < 1.29 is 22.0 Å². The molecular formula is C28H33F5. The van der Waals surface area contributed by atoms with Crippen molar-refractivity contribution in [1.29, 1.82) is 0 Å². The summed E-state index contributed by atoms with van der Waals surface area (Å²) < 4.78 is 75.7. The second-order valence-electron chi connectivity index (χ2n) is 9.91. The highest BCUT2D eigenvalue weighted by Crippen LogP contribution is 2.55. The van der Waals surface area contributed by atoms with Crippen LogP contribution in [0.4, 0.5) is 22.0 Å². The van der Waals surface area contributed by atoms with E-state index < -0.39 is 34.9 Å². The highest BCUT2D eigenvalue weighted by molar-refractivity contribution is 5.76. The summed E-state index contributed by atoms with van der Waals surface area (Å²) >= 11 is 0. The van der Waals surface area contributed by atoms with E-state index in [1.165, 1.54) is 49.9 Å². The van der Waals surface area contributed by atoms with Gasteiger partial charge in [0.05, 0.1) is 5.56 Å². The Morgan fingerprint density at radius 3 is 1.94 bits per heavy atom. The molecule has 0 bridgehead atoms. The maximum Gasteiger partial charge on any atom is 0.311 e. The van der Waals surface area contributed by atoms with Crippen LogP contribution in [0, 0.1) is 23.5 Å².